The summed E-state index contributed by atoms with van der Waals surface area (Å²) in [5, 5.41) is 3.17. The third-order valence-electron chi connectivity index (χ3n) is 3.57. The van der Waals surface area contributed by atoms with Gasteiger partial charge in [0.25, 0.3) is 5.91 Å². The summed E-state index contributed by atoms with van der Waals surface area (Å²) in [5.74, 6) is 0.777. The van der Waals surface area contributed by atoms with Crippen LogP contribution in [-0.4, -0.2) is 35.4 Å². The van der Waals surface area contributed by atoms with E-state index in [0.717, 1.165) is 36.9 Å². The third-order valence-corrected chi connectivity index (χ3v) is 4.01. The van der Waals surface area contributed by atoms with Crippen molar-refractivity contribution in [1.29, 1.82) is 0 Å². The van der Waals surface area contributed by atoms with E-state index >= 15 is 0 Å². The first-order valence-corrected chi connectivity index (χ1v) is 8.20. The van der Waals surface area contributed by atoms with Crippen molar-refractivity contribution in [3.05, 3.63) is 22.3 Å². The lowest BCUT2D eigenvalue weighted by molar-refractivity contribution is 0.0743. The molecule has 1 aliphatic rings. The first-order chi connectivity index (χ1) is 9.72. The molecule has 110 valence electrons. The van der Waals surface area contributed by atoms with Crippen LogP contribution in [0.3, 0.4) is 0 Å². The summed E-state index contributed by atoms with van der Waals surface area (Å²) in [6.45, 7) is 4.48. The molecule has 1 N–H and O–H groups in total. The van der Waals surface area contributed by atoms with E-state index < -0.39 is 0 Å². The zero-order chi connectivity index (χ0) is 14.4. The fraction of sp³-hybridized carbons (Fsp3) is 0.600. The Balaban J connectivity index is 2.19. The van der Waals surface area contributed by atoms with Crippen LogP contribution in [0.25, 0.3) is 0 Å². The Labute approximate surface area is 129 Å². The van der Waals surface area contributed by atoms with Gasteiger partial charge in [-0.1, -0.05) is 19.3 Å². The zero-order valence-corrected chi connectivity index (χ0v) is 13.6. The quantitative estimate of drug-likeness (QED) is 0.913. The molecule has 0 radical (unpaired) electrons. The number of carbonyl (C=O) groups is 1. The van der Waals surface area contributed by atoms with Crippen LogP contribution in [0.4, 0.5) is 5.82 Å². The van der Waals surface area contributed by atoms with E-state index in [9.17, 15) is 4.79 Å². The van der Waals surface area contributed by atoms with Crippen LogP contribution in [0.15, 0.2) is 16.7 Å². The van der Waals surface area contributed by atoms with E-state index in [1.807, 2.05) is 17.9 Å². The summed E-state index contributed by atoms with van der Waals surface area (Å²) in [7, 11) is 0. The van der Waals surface area contributed by atoms with Gasteiger partial charge >= 0.3 is 0 Å². The molecule has 1 saturated heterocycles. The molecule has 0 saturated carbocycles. The summed E-state index contributed by atoms with van der Waals surface area (Å²) in [4.78, 5) is 19.0. The second-order valence-corrected chi connectivity index (χ2v) is 6.06. The number of amides is 1. The molecule has 2 rings (SSSR count). The van der Waals surface area contributed by atoms with Crippen molar-refractivity contribution in [1.82, 2.24) is 9.88 Å². The van der Waals surface area contributed by atoms with E-state index in [-0.39, 0.29) is 5.91 Å². The Hall–Kier alpha value is -1.10. The molecular weight excluding hydrogens is 318 g/mol. The lowest BCUT2D eigenvalue weighted by Crippen LogP contribution is -2.34. The normalized spacial score (nSPS) is 16.4. The number of nitrogens with zero attached hydrogens (tertiary/aromatic N) is 2. The van der Waals surface area contributed by atoms with Crippen molar-refractivity contribution in [2.24, 2.45) is 0 Å². The number of hydrogen-bond acceptors (Lipinski definition) is 3. The molecule has 1 aliphatic heterocycles. The van der Waals surface area contributed by atoms with Crippen LogP contribution in [0.2, 0.25) is 0 Å². The Morgan fingerprint density at radius 3 is 2.60 bits per heavy atom. The average Bonchev–Trinajstić information content (AvgIpc) is 2.40. The third kappa shape index (κ3) is 3.95. The molecule has 0 atom stereocenters. The molecule has 0 aliphatic carbocycles. The predicted molar refractivity (Wildman–Crippen MR) is 85.1 cm³/mol. The maximum absolute atomic E-state index is 12.7. The number of hydrogen-bond donors (Lipinski definition) is 1. The van der Waals surface area contributed by atoms with Crippen molar-refractivity contribution >= 4 is 27.7 Å². The van der Waals surface area contributed by atoms with E-state index in [4.69, 9.17) is 0 Å². The van der Waals surface area contributed by atoms with Gasteiger partial charge in [0.15, 0.2) is 0 Å². The fourth-order valence-electron chi connectivity index (χ4n) is 2.53. The summed E-state index contributed by atoms with van der Waals surface area (Å²) in [5.41, 5.74) is 0.668. The molecule has 1 fully saturated rings. The molecule has 2 heterocycles. The van der Waals surface area contributed by atoms with Crippen LogP contribution in [0, 0.1) is 0 Å². The van der Waals surface area contributed by atoms with Gasteiger partial charge in [0, 0.05) is 30.3 Å². The fourth-order valence-corrected chi connectivity index (χ4v) is 2.86. The maximum atomic E-state index is 12.7. The molecule has 20 heavy (non-hydrogen) atoms. The number of rotatable bonds is 3. The van der Waals surface area contributed by atoms with Gasteiger partial charge in [0.1, 0.15) is 5.82 Å². The van der Waals surface area contributed by atoms with Crippen LogP contribution in [0.5, 0.6) is 0 Å². The highest BCUT2D eigenvalue weighted by Crippen LogP contribution is 2.21. The molecule has 4 nitrogen and oxygen atoms in total. The van der Waals surface area contributed by atoms with Crippen molar-refractivity contribution in [3.63, 3.8) is 0 Å². The van der Waals surface area contributed by atoms with Crippen LogP contribution >= 0.6 is 15.9 Å². The first kappa shape index (κ1) is 15.3. The minimum atomic E-state index is 0.0941. The zero-order valence-electron chi connectivity index (χ0n) is 12.0. The molecule has 1 amide bonds. The monoisotopic (exact) mass is 339 g/mol. The Kier molecular flexibility index (Phi) is 5.83. The summed E-state index contributed by atoms with van der Waals surface area (Å²) >= 11 is 3.41. The first-order valence-electron chi connectivity index (χ1n) is 7.41. The summed E-state index contributed by atoms with van der Waals surface area (Å²) in [6.07, 6.45) is 7.67. The van der Waals surface area contributed by atoms with Gasteiger partial charge < -0.3 is 10.2 Å². The molecular formula is C15H22BrN3O. The number of carbonyl (C=O) groups excluding carboxylic acids is 1. The standard InChI is InChI=1S/C15H22BrN3O/c1-2-17-14-13(10-12(16)11-18-14)15(20)19-8-6-4-3-5-7-9-19/h10-11H,2-9H2,1H3,(H,17,18). The molecule has 1 aromatic rings. The molecule has 0 bridgehead atoms. The van der Waals surface area contributed by atoms with Gasteiger partial charge in [0.2, 0.25) is 0 Å². The topological polar surface area (TPSA) is 45.2 Å². The molecule has 1 aromatic heterocycles. The second kappa shape index (κ2) is 7.62. The number of anilines is 1. The van der Waals surface area contributed by atoms with Gasteiger partial charge in [-0.15, -0.1) is 0 Å². The van der Waals surface area contributed by atoms with Crippen molar-refractivity contribution in [3.8, 4) is 0 Å². The van der Waals surface area contributed by atoms with Gasteiger partial charge in [-0.05, 0) is 41.8 Å². The van der Waals surface area contributed by atoms with E-state index in [2.05, 4.69) is 26.2 Å². The second-order valence-electron chi connectivity index (χ2n) is 5.14. The van der Waals surface area contributed by atoms with Crippen LogP contribution < -0.4 is 5.32 Å². The smallest absolute Gasteiger partial charge is 0.257 e. The van der Waals surface area contributed by atoms with Gasteiger partial charge in [-0.3, -0.25) is 4.79 Å². The number of likely N-dealkylation sites (tertiary alicyclic amines) is 1. The number of pyridine rings is 1. The summed E-state index contributed by atoms with van der Waals surface area (Å²) in [6, 6.07) is 1.87. The van der Waals surface area contributed by atoms with E-state index in [1.54, 1.807) is 6.20 Å². The average molecular weight is 340 g/mol. The van der Waals surface area contributed by atoms with E-state index in [1.165, 1.54) is 19.3 Å². The van der Waals surface area contributed by atoms with Crippen LogP contribution in [0.1, 0.15) is 49.4 Å². The Morgan fingerprint density at radius 1 is 1.30 bits per heavy atom. The maximum Gasteiger partial charge on any atom is 0.257 e. The molecule has 0 aromatic carbocycles. The van der Waals surface area contributed by atoms with Gasteiger partial charge in [-0.25, -0.2) is 4.98 Å². The molecule has 0 spiro atoms. The minimum Gasteiger partial charge on any atom is -0.370 e. The molecule has 0 unspecified atom stereocenters. The van der Waals surface area contributed by atoms with Crippen molar-refractivity contribution in [2.75, 3.05) is 25.0 Å². The number of halogens is 1. The largest absolute Gasteiger partial charge is 0.370 e. The predicted octanol–water partition coefficient (Wildman–Crippen LogP) is 3.68. The van der Waals surface area contributed by atoms with E-state index in [0.29, 0.717) is 11.4 Å². The lowest BCUT2D eigenvalue weighted by Gasteiger charge is -2.25. The highest BCUT2D eigenvalue weighted by atomic mass is 79.9. The number of nitrogens with one attached hydrogen (secondary N) is 1. The van der Waals surface area contributed by atoms with Crippen molar-refractivity contribution < 1.29 is 4.79 Å². The highest BCUT2D eigenvalue weighted by molar-refractivity contribution is 9.10. The van der Waals surface area contributed by atoms with Gasteiger partial charge in [0.05, 0.1) is 5.56 Å². The van der Waals surface area contributed by atoms with Crippen molar-refractivity contribution in [2.45, 2.75) is 39.0 Å². The SMILES string of the molecule is CCNc1ncc(Br)cc1C(=O)N1CCCCCCC1. The molecule has 5 heteroatoms. The van der Waals surface area contributed by atoms with Crippen LogP contribution in [-0.2, 0) is 0 Å². The minimum absolute atomic E-state index is 0.0941. The number of aromatic nitrogens is 1. The Morgan fingerprint density at radius 2 is 1.95 bits per heavy atom. The van der Waals surface area contributed by atoms with Gasteiger partial charge in [-0.2, -0.15) is 0 Å². The highest BCUT2D eigenvalue weighted by Gasteiger charge is 2.20. The summed E-state index contributed by atoms with van der Waals surface area (Å²) < 4.78 is 0.842. The lowest BCUT2D eigenvalue weighted by atomic mass is 10.1. The Bertz CT molecular complexity index is 456.